The zero-order chi connectivity index (χ0) is 14.0. The fourth-order valence-corrected chi connectivity index (χ4v) is 2.88. The third-order valence-electron chi connectivity index (χ3n) is 4.18. The van der Waals surface area contributed by atoms with E-state index in [0.717, 1.165) is 36.9 Å². The molecule has 0 aromatic carbocycles. The number of anilines is 1. The summed E-state index contributed by atoms with van der Waals surface area (Å²) in [6.45, 7) is 11.4. The minimum atomic E-state index is 0.381. The van der Waals surface area contributed by atoms with Crippen molar-refractivity contribution in [1.82, 2.24) is 4.98 Å². The van der Waals surface area contributed by atoms with Crippen LogP contribution < -0.4 is 4.90 Å². The van der Waals surface area contributed by atoms with E-state index in [1.54, 1.807) is 0 Å². The summed E-state index contributed by atoms with van der Waals surface area (Å²) in [4.78, 5) is 7.19. The molecule has 1 fully saturated rings. The predicted molar refractivity (Wildman–Crippen MR) is 82.9 cm³/mol. The van der Waals surface area contributed by atoms with Crippen molar-refractivity contribution in [3.63, 3.8) is 0 Å². The summed E-state index contributed by atoms with van der Waals surface area (Å²) in [6, 6.07) is 4.27. The van der Waals surface area contributed by atoms with Crippen LogP contribution in [0.25, 0.3) is 0 Å². The topological polar surface area (TPSA) is 16.1 Å². The lowest BCUT2D eigenvalue weighted by molar-refractivity contribution is 0.263. The Hall–Kier alpha value is -0.760. The fraction of sp³-hybridized carbons (Fsp3) is 0.688. The third kappa shape index (κ3) is 3.42. The Labute approximate surface area is 122 Å². The van der Waals surface area contributed by atoms with Crippen LogP contribution in [0.15, 0.2) is 12.1 Å². The van der Waals surface area contributed by atoms with Crippen molar-refractivity contribution >= 4 is 17.4 Å². The second-order valence-electron chi connectivity index (χ2n) is 6.61. The van der Waals surface area contributed by atoms with Gasteiger partial charge < -0.3 is 4.90 Å². The van der Waals surface area contributed by atoms with Crippen molar-refractivity contribution in [2.45, 2.75) is 46.4 Å². The van der Waals surface area contributed by atoms with Crippen LogP contribution in [0.5, 0.6) is 0 Å². The molecule has 2 rings (SSSR count). The average Bonchev–Trinajstić information content (AvgIpc) is 2.87. The van der Waals surface area contributed by atoms with Gasteiger partial charge in [-0.15, -0.1) is 11.6 Å². The standard InChI is InChI=1S/C16H25ClN2/c1-5-14-8-12(10-17)9-15(18-14)19-7-6-13(11-19)16(2,3)4/h8-9,13H,5-7,10-11H2,1-4H3. The predicted octanol–water partition coefficient (Wildman–Crippen LogP) is 4.26. The van der Waals surface area contributed by atoms with E-state index in [9.17, 15) is 0 Å². The quantitative estimate of drug-likeness (QED) is 0.769. The van der Waals surface area contributed by atoms with Gasteiger partial charge in [0.15, 0.2) is 0 Å². The van der Waals surface area contributed by atoms with Gasteiger partial charge in [-0.25, -0.2) is 4.98 Å². The highest BCUT2D eigenvalue weighted by molar-refractivity contribution is 6.17. The first-order valence-corrected chi connectivity index (χ1v) is 7.78. The molecule has 0 bridgehead atoms. The number of nitrogens with zero attached hydrogens (tertiary/aromatic N) is 2. The molecule has 1 saturated heterocycles. The molecule has 1 atom stereocenters. The highest BCUT2D eigenvalue weighted by Gasteiger charge is 2.32. The molecule has 0 saturated carbocycles. The van der Waals surface area contributed by atoms with Gasteiger partial charge in [0.25, 0.3) is 0 Å². The van der Waals surface area contributed by atoms with E-state index in [0.29, 0.717) is 11.3 Å². The lowest BCUT2D eigenvalue weighted by Crippen LogP contribution is -2.26. The van der Waals surface area contributed by atoms with Gasteiger partial charge in [-0.1, -0.05) is 27.7 Å². The summed E-state index contributed by atoms with van der Waals surface area (Å²) in [5.74, 6) is 2.43. The van der Waals surface area contributed by atoms with Gasteiger partial charge in [-0.2, -0.15) is 0 Å². The van der Waals surface area contributed by atoms with E-state index in [1.165, 1.54) is 12.0 Å². The Morgan fingerprint density at radius 1 is 1.37 bits per heavy atom. The summed E-state index contributed by atoms with van der Waals surface area (Å²) in [5.41, 5.74) is 2.71. The molecule has 0 radical (unpaired) electrons. The van der Waals surface area contributed by atoms with Crippen molar-refractivity contribution in [3.8, 4) is 0 Å². The minimum Gasteiger partial charge on any atom is -0.356 e. The van der Waals surface area contributed by atoms with Crippen LogP contribution in [0.2, 0.25) is 0 Å². The molecule has 1 aliphatic heterocycles. The maximum atomic E-state index is 5.99. The van der Waals surface area contributed by atoms with Crippen molar-refractivity contribution in [3.05, 3.63) is 23.4 Å². The lowest BCUT2D eigenvalue weighted by Gasteiger charge is -2.27. The van der Waals surface area contributed by atoms with E-state index in [1.807, 2.05) is 0 Å². The van der Waals surface area contributed by atoms with Crippen LogP contribution in [-0.4, -0.2) is 18.1 Å². The molecule has 1 unspecified atom stereocenters. The summed E-state index contributed by atoms with van der Waals surface area (Å²) < 4.78 is 0. The molecule has 0 spiro atoms. The number of rotatable bonds is 3. The number of hydrogen-bond donors (Lipinski definition) is 0. The van der Waals surface area contributed by atoms with Crippen molar-refractivity contribution < 1.29 is 0 Å². The van der Waals surface area contributed by atoms with Gasteiger partial charge in [0.05, 0.1) is 0 Å². The number of alkyl halides is 1. The van der Waals surface area contributed by atoms with Crippen LogP contribution in [0.3, 0.4) is 0 Å². The molecule has 1 aliphatic rings. The fourth-order valence-electron chi connectivity index (χ4n) is 2.73. The van der Waals surface area contributed by atoms with Crippen LogP contribution in [0, 0.1) is 11.3 Å². The molecule has 2 nitrogen and oxygen atoms in total. The van der Waals surface area contributed by atoms with Gasteiger partial charge in [-0.05, 0) is 41.9 Å². The van der Waals surface area contributed by atoms with E-state index < -0.39 is 0 Å². The van der Waals surface area contributed by atoms with Gasteiger partial charge in [0, 0.05) is 24.7 Å². The Bertz CT molecular complexity index is 415. The Morgan fingerprint density at radius 2 is 2.11 bits per heavy atom. The molecular formula is C16H25ClN2. The van der Waals surface area contributed by atoms with Crippen molar-refractivity contribution in [2.24, 2.45) is 11.3 Å². The average molecular weight is 281 g/mol. The molecule has 0 aliphatic carbocycles. The van der Waals surface area contributed by atoms with Gasteiger partial charge in [0.2, 0.25) is 0 Å². The summed E-state index contributed by atoms with van der Waals surface area (Å²) in [6.07, 6.45) is 2.23. The maximum Gasteiger partial charge on any atom is 0.129 e. The van der Waals surface area contributed by atoms with Crippen LogP contribution in [0.4, 0.5) is 5.82 Å². The molecule has 1 aromatic heterocycles. The van der Waals surface area contributed by atoms with Gasteiger partial charge in [0.1, 0.15) is 5.82 Å². The van der Waals surface area contributed by atoms with E-state index in [2.05, 4.69) is 44.7 Å². The maximum absolute atomic E-state index is 5.99. The number of hydrogen-bond acceptors (Lipinski definition) is 2. The second-order valence-corrected chi connectivity index (χ2v) is 6.88. The van der Waals surface area contributed by atoms with Gasteiger partial charge >= 0.3 is 0 Å². The number of aromatic nitrogens is 1. The molecule has 0 amide bonds. The number of aryl methyl sites for hydroxylation is 1. The zero-order valence-electron chi connectivity index (χ0n) is 12.5. The molecule has 3 heteroatoms. The number of halogens is 1. The smallest absolute Gasteiger partial charge is 0.129 e. The van der Waals surface area contributed by atoms with Crippen molar-refractivity contribution in [1.29, 1.82) is 0 Å². The molecule has 106 valence electrons. The molecule has 19 heavy (non-hydrogen) atoms. The summed E-state index contributed by atoms with van der Waals surface area (Å²) >= 11 is 5.99. The largest absolute Gasteiger partial charge is 0.356 e. The van der Waals surface area contributed by atoms with Gasteiger partial charge in [-0.3, -0.25) is 0 Å². The first-order chi connectivity index (χ1) is 8.94. The third-order valence-corrected chi connectivity index (χ3v) is 4.49. The monoisotopic (exact) mass is 280 g/mol. The lowest BCUT2D eigenvalue weighted by atomic mass is 9.80. The van der Waals surface area contributed by atoms with E-state index in [-0.39, 0.29) is 0 Å². The summed E-state index contributed by atoms with van der Waals surface area (Å²) in [5, 5.41) is 0. The zero-order valence-corrected chi connectivity index (χ0v) is 13.3. The Kier molecular flexibility index (Phi) is 4.39. The number of pyridine rings is 1. The SMILES string of the molecule is CCc1cc(CCl)cc(N2CCC(C(C)(C)C)C2)n1. The summed E-state index contributed by atoms with van der Waals surface area (Å²) in [7, 11) is 0. The Balaban J connectivity index is 2.19. The normalized spacial score (nSPS) is 20.1. The van der Waals surface area contributed by atoms with E-state index in [4.69, 9.17) is 16.6 Å². The highest BCUT2D eigenvalue weighted by atomic mass is 35.5. The first kappa shape index (κ1) is 14.6. The highest BCUT2D eigenvalue weighted by Crippen LogP contribution is 2.35. The van der Waals surface area contributed by atoms with Crippen LogP contribution in [-0.2, 0) is 12.3 Å². The molecule has 1 aromatic rings. The second kappa shape index (κ2) is 5.70. The molecular weight excluding hydrogens is 256 g/mol. The van der Waals surface area contributed by atoms with Crippen LogP contribution >= 0.6 is 11.6 Å². The molecule has 2 heterocycles. The van der Waals surface area contributed by atoms with Crippen molar-refractivity contribution in [2.75, 3.05) is 18.0 Å². The van der Waals surface area contributed by atoms with E-state index >= 15 is 0 Å². The minimum absolute atomic E-state index is 0.381. The molecule has 0 N–H and O–H groups in total. The Morgan fingerprint density at radius 3 is 2.63 bits per heavy atom. The first-order valence-electron chi connectivity index (χ1n) is 7.24. The van der Waals surface area contributed by atoms with Crippen LogP contribution in [0.1, 0.15) is 45.4 Å².